The Balaban J connectivity index is -0.00000261. The van der Waals surface area contributed by atoms with Crippen LogP contribution in [0, 0.1) is 0 Å². The van der Waals surface area contributed by atoms with Gasteiger partial charge in [-0.15, -0.1) is 12.4 Å². The van der Waals surface area contributed by atoms with Crippen molar-refractivity contribution in [1.29, 1.82) is 0 Å². The molecule has 0 saturated heterocycles. The van der Waals surface area contributed by atoms with Crippen LogP contribution in [0.15, 0.2) is 30.3 Å². The average Bonchev–Trinajstić information content (AvgIpc) is 2.68. The van der Waals surface area contributed by atoms with E-state index in [4.69, 9.17) is 0 Å². The molecule has 2 nitrogen and oxygen atoms in total. The van der Waals surface area contributed by atoms with Gasteiger partial charge < -0.3 is 27.6 Å². The first-order valence-electron chi connectivity index (χ1n) is 12.5. The molecule has 0 fully saturated rings. The first kappa shape index (κ1) is 35.5. The van der Waals surface area contributed by atoms with Crippen LogP contribution in [0.25, 0.3) is 0 Å². The SMILES string of the molecule is CCCCCCCCCCCCCCCCCC[N+](C)(C)Cc1ccccc1.Cl.N.[Br-]. The summed E-state index contributed by atoms with van der Waals surface area (Å²) in [6.07, 6.45) is 23.2. The maximum Gasteiger partial charge on any atom is 0.104 e. The molecule has 0 aliphatic rings. The Morgan fingerprint density at radius 3 is 1.32 bits per heavy atom. The first-order valence-corrected chi connectivity index (χ1v) is 12.5. The lowest BCUT2D eigenvalue weighted by Gasteiger charge is -2.30. The molecule has 0 spiro atoms. The van der Waals surface area contributed by atoms with E-state index >= 15 is 0 Å². The van der Waals surface area contributed by atoms with Crippen LogP contribution in [-0.2, 0) is 6.54 Å². The number of quaternary nitrogens is 1. The third kappa shape index (κ3) is 22.9. The van der Waals surface area contributed by atoms with Gasteiger partial charge in [0.25, 0.3) is 0 Å². The molecule has 0 unspecified atom stereocenters. The van der Waals surface area contributed by atoms with Crippen LogP contribution in [0.3, 0.4) is 0 Å². The highest BCUT2D eigenvalue weighted by atomic mass is 79.9. The van der Waals surface area contributed by atoms with Gasteiger partial charge in [0.2, 0.25) is 0 Å². The van der Waals surface area contributed by atoms with Gasteiger partial charge in [-0.2, -0.15) is 0 Å². The van der Waals surface area contributed by atoms with Gasteiger partial charge in [0.15, 0.2) is 0 Å². The number of unbranched alkanes of at least 4 members (excludes halogenated alkanes) is 15. The lowest BCUT2D eigenvalue weighted by atomic mass is 10.0. The van der Waals surface area contributed by atoms with Gasteiger partial charge in [-0.05, 0) is 12.8 Å². The highest BCUT2D eigenvalue weighted by Gasteiger charge is 2.14. The van der Waals surface area contributed by atoms with Crippen LogP contribution in [0.2, 0.25) is 0 Å². The predicted octanol–water partition coefficient (Wildman–Crippen LogP) is 6.11. The van der Waals surface area contributed by atoms with E-state index in [1.54, 1.807) is 0 Å². The molecule has 0 saturated carbocycles. The standard InChI is InChI=1S/C27H50N.BrH.ClH.H3N/c1-4-5-6-7-8-9-10-11-12-13-14-15-16-17-18-22-25-28(2,3)26-27-23-20-19-21-24-27;;;/h19-21,23-24H,4-18,22,25-26H2,1-3H3;2*1H;1H3/q+1;;;/p-1. The summed E-state index contributed by atoms with van der Waals surface area (Å²) in [6.45, 7) is 4.75. The van der Waals surface area contributed by atoms with Gasteiger partial charge in [-0.3, -0.25) is 0 Å². The van der Waals surface area contributed by atoms with Gasteiger partial charge in [-0.25, -0.2) is 0 Å². The van der Waals surface area contributed by atoms with Gasteiger partial charge >= 0.3 is 0 Å². The van der Waals surface area contributed by atoms with Crippen LogP contribution in [0.5, 0.6) is 0 Å². The Kier molecular flexibility index (Phi) is 28.1. The number of benzene rings is 1. The second-order valence-corrected chi connectivity index (χ2v) is 9.61. The van der Waals surface area contributed by atoms with Crippen molar-refractivity contribution in [3.8, 4) is 0 Å². The van der Waals surface area contributed by atoms with E-state index in [2.05, 4.69) is 51.4 Å². The zero-order chi connectivity index (χ0) is 20.3. The quantitative estimate of drug-likeness (QED) is 0.173. The molecule has 186 valence electrons. The monoisotopic (exact) mass is 520 g/mol. The van der Waals surface area contributed by atoms with Crippen LogP contribution >= 0.6 is 12.4 Å². The Labute approximate surface area is 212 Å². The molecule has 0 radical (unpaired) electrons. The van der Waals surface area contributed by atoms with Crippen molar-refractivity contribution < 1.29 is 21.5 Å². The minimum atomic E-state index is 0. The molecule has 0 heterocycles. The molecular weight excluding hydrogens is 468 g/mol. The van der Waals surface area contributed by atoms with Crippen molar-refractivity contribution in [2.24, 2.45) is 0 Å². The normalized spacial score (nSPS) is 10.7. The molecule has 1 rings (SSSR count). The first-order chi connectivity index (χ1) is 13.6. The largest absolute Gasteiger partial charge is 1.00 e. The maximum atomic E-state index is 2.37. The topological polar surface area (TPSA) is 35.0 Å². The van der Waals surface area contributed by atoms with Crippen molar-refractivity contribution in [3.63, 3.8) is 0 Å². The number of halogens is 2. The minimum absolute atomic E-state index is 0. The summed E-state index contributed by atoms with van der Waals surface area (Å²) in [6, 6.07) is 10.9. The molecule has 3 N–H and O–H groups in total. The Morgan fingerprint density at radius 2 is 0.935 bits per heavy atom. The third-order valence-corrected chi connectivity index (χ3v) is 6.07. The van der Waals surface area contributed by atoms with Crippen molar-refractivity contribution in [3.05, 3.63) is 35.9 Å². The van der Waals surface area contributed by atoms with Gasteiger partial charge in [-0.1, -0.05) is 127 Å². The smallest absolute Gasteiger partial charge is 0.104 e. The van der Waals surface area contributed by atoms with E-state index in [0.717, 1.165) is 11.0 Å². The molecule has 0 aliphatic carbocycles. The maximum absolute atomic E-state index is 2.37. The van der Waals surface area contributed by atoms with Crippen LogP contribution in [0.4, 0.5) is 0 Å². The number of hydrogen-bond acceptors (Lipinski definition) is 1. The van der Waals surface area contributed by atoms with Crippen molar-refractivity contribution in [1.82, 2.24) is 6.15 Å². The number of hydrogen-bond donors (Lipinski definition) is 1. The van der Waals surface area contributed by atoms with E-state index < -0.39 is 0 Å². The summed E-state index contributed by atoms with van der Waals surface area (Å²) < 4.78 is 1.11. The summed E-state index contributed by atoms with van der Waals surface area (Å²) >= 11 is 0. The van der Waals surface area contributed by atoms with Crippen LogP contribution in [0.1, 0.15) is 115 Å². The highest BCUT2D eigenvalue weighted by Crippen LogP contribution is 2.15. The van der Waals surface area contributed by atoms with Gasteiger partial charge in [0.05, 0.1) is 20.6 Å². The van der Waals surface area contributed by atoms with Crippen molar-refractivity contribution in [2.75, 3.05) is 20.6 Å². The van der Waals surface area contributed by atoms with E-state index in [-0.39, 0.29) is 35.5 Å². The van der Waals surface area contributed by atoms with Crippen molar-refractivity contribution in [2.45, 2.75) is 116 Å². The van der Waals surface area contributed by atoms with E-state index in [9.17, 15) is 0 Å². The number of rotatable bonds is 19. The molecule has 0 aliphatic heterocycles. The Morgan fingerprint density at radius 1 is 0.581 bits per heavy atom. The molecule has 0 amide bonds. The van der Waals surface area contributed by atoms with E-state index in [0.29, 0.717) is 0 Å². The second kappa shape index (κ2) is 24.6. The zero-order valence-corrected chi connectivity index (χ0v) is 23.5. The molecule has 31 heavy (non-hydrogen) atoms. The zero-order valence-electron chi connectivity index (χ0n) is 21.1. The lowest BCUT2D eigenvalue weighted by Crippen LogP contribution is -3.00. The minimum Gasteiger partial charge on any atom is -1.00 e. The predicted molar refractivity (Wildman–Crippen MR) is 139 cm³/mol. The van der Waals surface area contributed by atoms with Gasteiger partial charge in [0, 0.05) is 5.56 Å². The highest BCUT2D eigenvalue weighted by molar-refractivity contribution is 5.85. The molecule has 0 atom stereocenters. The van der Waals surface area contributed by atoms with Crippen LogP contribution in [-0.4, -0.2) is 25.1 Å². The second-order valence-electron chi connectivity index (χ2n) is 9.61. The molecule has 0 aromatic heterocycles. The molecular formula is C27H54BrClN2. The van der Waals surface area contributed by atoms with E-state index in [1.807, 2.05) is 0 Å². The van der Waals surface area contributed by atoms with Gasteiger partial charge in [0.1, 0.15) is 6.54 Å². The summed E-state index contributed by atoms with van der Waals surface area (Å²) in [5.74, 6) is 0. The fourth-order valence-corrected chi connectivity index (χ4v) is 4.24. The Hall–Kier alpha value is -0.0900. The fraction of sp³-hybridized carbons (Fsp3) is 0.778. The molecule has 1 aromatic rings. The Bertz CT molecular complexity index is 454. The lowest BCUT2D eigenvalue weighted by molar-refractivity contribution is -0.903. The fourth-order valence-electron chi connectivity index (χ4n) is 4.24. The molecule has 0 bridgehead atoms. The summed E-state index contributed by atoms with van der Waals surface area (Å²) in [7, 11) is 4.75. The van der Waals surface area contributed by atoms with Crippen LogP contribution < -0.4 is 23.1 Å². The summed E-state index contributed by atoms with van der Waals surface area (Å²) in [5.41, 5.74) is 1.46. The third-order valence-electron chi connectivity index (χ3n) is 6.07. The average molecular weight is 522 g/mol. The molecule has 1 aromatic carbocycles. The number of nitrogens with zero attached hydrogens (tertiary/aromatic N) is 1. The van der Waals surface area contributed by atoms with E-state index in [1.165, 1.54) is 115 Å². The summed E-state index contributed by atoms with van der Waals surface area (Å²) in [5, 5.41) is 0. The van der Waals surface area contributed by atoms with Crippen molar-refractivity contribution >= 4 is 12.4 Å². The summed E-state index contributed by atoms with van der Waals surface area (Å²) in [4.78, 5) is 0. The molecule has 4 heteroatoms.